The maximum Gasteiger partial charge on any atom is 0.123 e. The van der Waals surface area contributed by atoms with Crippen molar-refractivity contribution in [3.05, 3.63) is 35.6 Å². The molecular weight excluding hydrogens is 191 g/mol. The number of hydrogen-bond acceptors (Lipinski definition) is 2. The van der Waals surface area contributed by atoms with Crippen LogP contribution in [0.25, 0.3) is 0 Å². The average molecular weight is 210 g/mol. The minimum atomic E-state index is -0.164. The summed E-state index contributed by atoms with van der Waals surface area (Å²) in [5.74, 6) is 0.334. The number of hydrogen-bond donors (Lipinski definition) is 2. The number of halogens is 1. The molecule has 0 fully saturated rings. The fourth-order valence-corrected chi connectivity index (χ4v) is 1.36. The predicted molar refractivity (Wildman–Crippen MR) is 61.2 cm³/mol. The first-order valence-corrected chi connectivity index (χ1v) is 5.37. The molecule has 0 aliphatic rings. The van der Waals surface area contributed by atoms with Crippen LogP contribution in [0, 0.1) is 11.7 Å². The van der Waals surface area contributed by atoms with E-state index in [2.05, 4.69) is 12.2 Å². The lowest BCUT2D eigenvalue weighted by Crippen LogP contribution is -2.27. The summed E-state index contributed by atoms with van der Waals surface area (Å²) in [7, 11) is 0. The van der Waals surface area contributed by atoms with Gasteiger partial charge in [-0.1, -0.05) is 19.1 Å². The van der Waals surface area contributed by atoms with Crippen molar-refractivity contribution in [2.75, 3.05) is 19.6 Å². The molecule has 3 N–H and O–H groups in total. The summed E-state index contributed by atoms with van der Waals surface area (Å²) in [5.41, 5.74) is 6.53. The van der Waals surface area contributed by atoms with Gasteiger partial charge in [0.15, 0.2) is 0 Å². The van der Waals surface area contributed by atoms with Gasteiger partial charge in [0.1, 0.15) is 5.82 Å². The molecule has 0 spiro atoms. The molecule has 0 aliphatic heterocycles. The number of nitrogens with two attached hydrogens (primary N) is 1. The van der Waals surface area contributed by atoms with Crippen LogP contribution in [-0.4, -0.2) is 19.6 Å². The van der Waals surface area contributed by atoms with Crippen molar-refractivity contribution in [2.45, 2.75) is 13.3 Å². The zero-order chi connectivity index (χ0) is 11.1. The second kappa shape index (κ2) is 6.53. The Hall–Kier alpha value is -0.930. The van der Waals surface area contributed by atoms with Gasteiger partial charge in [0, 0.05) is 0 Å². The molecule has 0 saturated carbocycles. The van der Waals surface area contributed by atoms with E-state index in [4.69, 9.17) is 5.73 Å². The SMILES string of the molecule is CC(CN)CNCCc1cccc(F)c1. The first kappa shape index (κ1) is 12.1. The van der Waals surface area contributed by atoms with Gasteiger partial charge in [-0.25, -0.2) is 4.39 Å². The Kier molecular flexibility index (Phi) is 5.29. The Bertz CT molecular complexity index is 289. The van der Waals surface area contributed by atoms with Gasteiger partial charge in [0.25, 0.3) is 0 Å². The van der Waals surface area contributed by atoms with Crippen molar-refractivity contribution < 1.29 is 4.39 Å². The fraction of sp³-hybridized carbons (Fsp3) is 0.500. The summed E-state index contributed by atoms with van der Waals surface area (Å²) in [6.45, 7) is 4.60. The zero-order valence-corrected chi connectivity index (χ0v) is 9.17. The lowest BCUT2D eigenvalue weighted by Gasteiger charge is -2.09. The van der Waals surface area contributed by atoms with Crippen LogP contribution in [0.5, 0.6) is 0 Å². The average Bonchev–Trinajstić information content (AvgIpc) is 2.24. The summed E-state index contributed by atoms with van der Waals surface area (Å²) in [4.78, 5) is 0. The molecule has 1 rings (SSSR count). The first-order valence-electron chi connectivity index (χ1n) is 5.37. The van der Waals surface area contributed by atoms with Gasteiger partial charge >= 0.3 is 0 Å². The van der Waals surface area contributed by atoms with Crippen molar-refractivity contribution in [3.8, 4) is 0 Å². The normalized spacial score (nSPS) is 12.7. The molecule has 0 bridgehead atoms. The molecule has 15 heavy (non-hydrogen) atoms. The molecule has 0 aliphatic carbocycles. The van der Waals surface area contributed by atoms with Gasteiger partial charge in [-0.05, 0) is 49.7 Å². The second-order valence-electron chi connectivity index (χ2n) is 3.92. The summed E-state index contributed by atoms with van der Waals surface area (Å²) < 4.78 is 12.8. The smallest absolute Gasteiger partial charge is 0.123 e. The minimum Gasteiger partial charge on any atom is -0.330 e. The Morgan fingerprint density at radius 2 is 2.27 bits per heavy atom. The number of benzene rings is 1. The highest BCUT2D eigenvalue weighted by atomic mass is 19.1. The monoisotopic (exact) mass is 210 g/mol. The van der Waals surface area contributed by atoms with E-state index in [0.717, 1.165) is 25.1 Å². The number of rotatable bonds is 6. The zero-order valence-electron chi connectivity index (χ0n) is 9.17. The molecule has 0 amide bonds. The highest BCUT2D eigenvalue weighted by molar-refractivity contribution is 5.16. The standard InChI is InChI=1S/C12H19FN2/c1-10(8-14)9-15-6-5-11-3-2-4-12(13)7-11/h2-4,7,10,15H,5-6,8-9,14H2,1H3. The van der Waals surface area contributed by atoms with Crippen LogP contribution in [0.15, 0.2) is 24.3 Å². The Morgan fingerprint density at radius 1 is 1.47 bits per heavy atom. The van der Waals surface area contributed by atoms with Crippen molar-refractivity contribution in [2.24, 2.45) is 11.7 Å². The quantitative estimate of drug-likeness (QED) is 0.699. The van der Waals surface area contributed by atoms with Gasteiger partial charge in [-0.15, -0.1) is 0 Å². The van der Waals surface area contributed by atoms with E-state index in [0.29, 0.717) is 12.5 Å². The molecule has 84 valence electrons. The molecule has 0 radical (unpaired) electrons. The third-order valence-corrected chi connectivity index (χ3v) is 2.37. The number of nitrogens with one attached hydrogen (secondary N) is 1. The van der Waals surface area contributed by atoms with E-state index in [1.165, 1.54) is 6.07 Å². The summed E-state index contributed by atoms with van der Waals surface area (Å²) in [5, 5.41) is 3.30. The molecule has 1 aromatic carbocycles. The van der Waals surface area contributed by atoms with Crippen LogP contribution in [0.1, 0.15) is 12.5 Å². The van der Waals surface area contributed by atoms with E-state index in [1.807, 2.05) is 6.07 Å². The van der Waals surface area contributed by atoms with E-state index in [9.17, 15) is 4.39 Å². The van der Waals surface area contributed by atoms with Crippen LogP contribution < -0.4 is 11.1 Å². The summed E-state index contributed by atoms with van der Waals surface area (Å²) in [6.07, 6.45) is 0.856. The Labute approximate surface area is 90.7 Å². The molecular formula is C12H19FN2. The maximum atomic E-state index is 12.8. The minimum absolute atomic E-state index is 0.164. The van der Waals surface area contributed by atoms with Gasteiger partial charge in [0.2, 0.25) is 0 Å². The molecule has 3 heteroatoms. The molecule has 0 heterocycles. The topological polar surface area (TPSA) is 38.0 Å². The van der Waals surface area contributed by atoms with Crippen LogP contribution in [0.3, 0.4) is 0 Å². The summed E-state index contributed by atoms with van der Waals surface area (Å²) in [6, 6.07) is 6.73. The highest BCUT2D eigenvalue weighted by Crippen LogP contribution is 2.03. The third kappa shape index (κ3) is 4.91. The van der Waals surface area contributed by atoms with Gasteiger partial charge in [-0.2, -0.15) is 0 Å². The highest BCUT2D eigenvalue weighted by Gasteiger charge is 1.98. The van der Waals surface area contributed by atoms with Crippen LogP contribution in [0.4, 0.5) is 4.39 Å². The molecule has 2 nitrogen and oxygen atoms in total. The van der Waals surface area contributed by atoms with Crippen molar-refractivity contribution >= 4 is 0 Å². The van der Waals surface area contributed by atoms with Crippen LogP contribution in [-0.2, 0) is 6.42 Å². The lowest BCUT2D eigenvalue weighted by molar-refractivity contribution is 0.524. The maximum absolute atomic E-state index is 12.8. The molecule has 1 aromatic rings. The Morgan fingerprint density at radius 3 is 2.93 bits per heavy atom. The lowest BCUT2D eigenvalue weighted by atomic mass is 10.1. The molecule has 0 aromatic heterocycles. The molecule has 1 atom stereocenters. The van der Waals surface area contributed by atoms with E-state index >= 15 is 0 Å². The van der Waals surface area contributed by atoms with E-state index in [1.54, 1.807) is 12.1 Å². The predicted octanol–water partition coefficient (Wildman–Crippen LogP) is 1.55. The van der Waals surface area contributed by atoms with Crippen molar-refractivity contribution in [3.63, 3.8) is 0 Å². The summed E-state index contributed by atoms with van der Waals surface area (Å²) >= 11 is 0. The molecule has 0 saturated heterocycles. The van der Waals surface area contributed by atoms with Gasteiger partial charge in [-0.3, -0.25) is 0 Å². The third-order valence-electron chi connectivity index (χ3n) is 2.37. The van der Waals surface area contributed by atoms with Crippen LogP contribution in [0.2, 0.25) is 0 Å². The fourth-order valence-electron chi connectivity index (χ4n) is 1.36. The first-order chi connectivity index (χ1) is 7.22. The van der Waals surface area contributed by atoms with Crippen molar-refractivity contribution in [1.82, 2.24) is 5.32 Å². The molecule has 1 unspecified atom stereocenters. The Balaban J connectivity index is 2.20. The van der Waals surface area contributed by atoms with Crippen LogP contribution >= 0.6 is 0 Å². The van der Waals surface area contributed by atoms with E-state index in [-0.39, 0.29) is 5.82 Å². The van der Waals surface area contributed by atoms with Gasteiger partial charge in [0.05, 0.1) is 0 Å². The van der Waals surface area contributed by atoms with E-state index < -0.39 is 0 Å². The van der Waals surface area contributed by atoms with Gasteiger partial charge < -0.3 is 11.1 Å². The largest absolute Gasteiger partial charge is 0.330 e. The second-order valence-corrected chi connectivity index (χ2v) is 3.92. The van der Waals surface area contributed by atoms with Crippen molar-refractivity contribution in [1.29, 1.82) is 0 Å².